The quantitative estimate of drug-likeness (QED) is 0.552. The van der Waals surface area contributed by atoms with Gasteiger partial charge in [-0.15, -0.1) is 0 Å². The highest BCUT2D eigenvalue weighted by molar-refractivity contribution is 5.92. The summed E-state index contributed by atoms with van der Waals surface area (Å²) >= 11 is 0. The molecular formula is C24H19NO3. The number of hydrogen-bond acceptors (Lipinski definition) is 3. The Hall–Kier alpha value is -3.84. The molecule has 0 saturated carbocycles. The van der Waals surface area contributed by atoms with Crippen LogP contribution < -0.4 is 5.32 Å². The highest BCUT2D eigenvalue weighted by atomic mass is 16.5. The van der Waals surface area contributed by atoms with Crippen molar-refractivity contribution < 1.29 is 14.3 Å². The van der Waals surface area contributed by atoms with E-state index in [0.29, 0.717) is 17.7 Å². The van der Waals surface area contributed by atoms with Crippen LogP contribution in [-0.2, 0) is 20.9 Å². The summed E-state index contributed by atoms with van der Waals surface area (Å²) in [5, 5.41) is 2.81. The maximum atomic E-state index is 12.7. The van der Waals surface area contributed by atoms with E-state index in [1.54, 1.807) is 36.4 Å². The van der Waals surface area contributed by atoms with Crippen LogP contribution >= 0.6 is 0 Å². The van der Waals surface area contributed by atoms with Gasteiger partial charge in [-0.3, -0.25) is 4.79 Å². The number of amides is 1. The molecular weight excluding hydrogens is 350 g/mol. The first-order valence-corrected chi connectivity index (χ1v) is 8.86. The maximum absolute atomic E-state index is 12.7. The molecule has 3 aromatic rings. The van der Waals surface area contributed by atoms with Crippen LogP contribution in [0.1, 0.15) is 22.8 Å². The summed E-state index contributed by atoms with van der Waals surface area (Å²) in [5.74, 6) is 4.02. The Labute approximate surface area is 164 Å². The Morgan fingerprint density at radius 2 is 1.39 bits per heavy atom. The standard InChI is InChI=1S/C24H19NO3/c26-22(17-16-19-10-4-1-5-11-19)28-23(21-14-8-3-9-15-21)24(27)25-18-20-12-6-2-7-13-20/h1-15,23H,18H2,(H,25,27). The lowest BCUT2D eigenvalue weighted by molar-refractivity contribution is -0.151. The Morgan fingerprint density at radius 1 is 0.821 bits per heavy atom. The third kappa shape index (κ3) is 5.58. The van der Waals surface area contributed by atoms with E-state index in [2.05, 4.69) is 17.2 Å². The second kappa shape index (κ2) is 9.75. The van der Waals surface area contributed by atoms with E-state index in [1.807, 2.05) is 54.6 Å². The van der Waals surface area contributed by atoms with Crippen molar-refractivity contribution in [3.63, 3.8) is 0 Å². The van der Waals surface area contributed by atoms with Crippen molar-refractivity contribution in [2.24, 2.45) is 0 Å². The van der Waals surface area contributed by atoms with Crippen LogP contribution in [0.3, 0.4) is 0 Å². The second-order valence-electron chi connectivity index (χ2n) is 6.02. The predicted octanol–water partition coefficient (Wildman–Crippen LogP) is 3.64. The molecule has 28 heavy (non-hydrogen) atoms. The summed E-state index contributed by atoms with van der Waals surface area (Å²) in [6.07, 6.45) is -1.07. The maximum Gasteiger partial charge on any atom is 0.385 e. The highest BCUT2D eigenvalue weighted by Gasteiger charge is 2.24. The van der Waals surface area contributed by atoms with Crippen molar-refractivity contribution >= 4 is 11.9 Å². The predicted molar refractivity (Wildman–Crippen MR) is 107 cm³/mol. The fourth-order valence-electron chi connectivity index (χ4n) is 2.56. The first-order valence-electron chi connectivity index (χ1n) is 8.86. The van der Waals surface area contributed by atoms with Crippen LogP contribution in [0.15, 0.2) is 91.0 Å². The molecule has 0 aliphatic rings. The molecule has 1 amide bonds. The smallest absolute Gasteiger partial charge is 0.385 e. The number of carbonyl (C=O) groups is 2. The van der Waals surface area contributed by atoms with E-state index >= 15 is 0 Å². The fourth-order valence-corrected chi connectivity index (χ4v) is 2.56. The van der Waals surface area contributed by atoms with E-state index in [-0.39, 0.29) is 0 Å². The summed E-state index contributed by atoms with van der Waals surface area (Å²) in [7, 11) is 0. The molecule has 0 aliphatic heterocycles. The normalized spacial score (nSPS) is 10.9. The lowest BCUT2D eigenvalue weighted by Gasteiger charge is -2.16. The molecule has 1 N–H and O–H groups in total. The lowest BCUT2D eigenvalue weighted by atomic mass is 10.1. The Morgan fingerprint density at radius 3 is 2.04 bits per heavy atom. The lowest BCUT2D eigenvalue weighted by Crippen LogP contribution is -2.31. The van der Waals surface area contributed by atoms with Gasteiger partial charge < -0.3 is 10.1 Å². The van der Waals surface area contributed by atoms with E-state index < -0.39 is 18.0 Å². The topological polar surface area (TPSA) is 55.4 Å². The van der Waals surface area contributed by atoms with E-state index in [9.17, 15) is 9.59 Å². The molecule has 0 aromatic heterocycles. The number of esters is 1. The fraction of sp³-hybridized carbons (Fsp3) is 0.0833. The van der Waals surface area contributed by atoms with Crippen LogP contribution in [0.25, 0.3) is 0 Å². The molecule has 0 saturated heterocycles. The molecule has 1 unspecified atom stereocenters. The zero-order chi connectivity index (χ0) is 19.6. The zero-order valence-electron chi connectivity index (χ0n) is 15.2. The number of hydrogen-bond donors (Lipinski definition) is 1. The van der Waals surface area contributed by atoms with Gasteiger partial charge in [-0.1, -0.05) is 84.8 Å². The van der Waals surface area contributed by atoms with Gasteiger partial charge in [0.25, 0.3) is 5.91 Å². The third-order valence-electron chi connectivity index (χ3n) is 3.96. The molecule has 0 fully saturated rings. The van der Waals surface area contributed by atoms with E-state index in [1.165, 1.54) is 0 Å². The van der Waals surface area contributed by atoms with Crippen molar-refractivity contribution in [2.75, 3.05) is 0 Å². The first-order chi connectivity index (χ1) is 13.7. The van der Waals surface area contributed by atoms with Crippen molar-refractivity contribution in [1.29, 1.82) is 0 Å². The molecule has 138 valence electrons. The zero-order valence-corrected chi connectivity index (χ0v) is 15.2. The summed E-state index contributed by atoms with van der Waals surface area (Å²) < 4.78 is 5.38. The summed E-state index contributed by atoms with van der Waals surface area (Å²) in [6.45, 7) is 0.344. The van der Waals surface area contributed by atoms with Crippen LogP contribution in [0.2, 0.25) is 0 Å². The first kappa shape index (κ1) is 18.9. The van der Waals surface area contributed by atoms with Crippen LogP contribution in [0.4, 0.5) is 0 Å². The number of benzene rings is 3. The minimum atomic E-state index is -1.07. The largest absolute Gasteiger partial charge is 0.438 e. The number of rotatable bonds is 5. The number of ether oxygens (including phenoxy) is 1. The molecule has 0 bridgehead atoms. The molecule has 0 spiro atoms. The molecule has 4 heteroatoms. The van der Waals surface area contributed by atoms with E-state index in [4.69, 9.17) is 4.74 Å². The van der Waals surface area contributed by atoms with Crippen molar-refractivity contribution in [1.82, 2.24) is 5.32 Å². The molecule has 0 aliphatic carbocycles. The van der Waals surface area contributed by atoms with Gasteiger partial charge in [0.1, 0.15) is 0 Å². The van der Waals surface area contributed by atoms with Gasteiger partial charge in [0, 0.05) is 23.6 Å². The van der Waals surface area contributed by atoms with Crippen molar-refractivity contribution in [3.05, 3.63) is 108 Å². The van der Waals surface area contributed by atoms with Crippen molar-refractivity contribution in [2.45, 2.75) is 12.6 Å². The second-order valence-corrected chi connectivity index (χ2v) is 6.02. The van der Waals surface area contributed by atoms with Gasteiger partial charge in [0.2, 0.25) is 6.10 Å². The molecule has 3 rings (SSSR count). The average Bonchev–Trinajstić information content (AvgIpc) is 2.76. The van der Waals surface area contributed by atoms with Gasteiger partial charge in [-0.05, 0) is 17.7 Å². The monoisotopic (exact) mass is 369 g/mol. The number of nitrogens with one attached hydrogen (secondary N) is 1. The molecule has 1 atom stereocenters. The molecule has 0 heterocycles. The summed E-state index contributed by atoms with van der Waals surface area (Å²) in [5.41, 5.74) is 2.24. The Bertz CT molecular complexity index is 974. The van der Waals surface area contributed by atoms with E-state index in [0.717, 1.165) is 5.56 Å². The minimum absolute atomic E-state index is 0.344. The van der Waals surface area contributed by atoms with Crippen LogP contribution in [0, 0.1) is 11.8 Å². The summed E-state index contributed by atoms with van der Waals surface area (Å²) in [6, 6.07) is 27.5. The average molecular weight is 369 g/mol. The van der Waals surface area contributed by atoms with Gasteiger partial charge in [-0.2, -0.15) is 0 Å². The van der Waals surface area contributed by atoms with Gasteiger partial charge in [0.05, 0.1) is 0 Å². The molecule has 0 radical (unpaired) electrons. The Kier molecular flexibility index (Phi) is 6.59. The summed E-state index contributed by atoms with van der Waals surface area (Å²) in [4.78, 5) is 24.9. The molecule has 3 aromatic carbocycles. The minimum Gasteiger partial charge on any atom is -0.438 e. The molecule has 4 nitrogen and oxygen atoms in total. The highest BCUT2D eigenvalue weighted by Crippen LogP contribution is 2.18. The van der Waals surface area contributed by atoms with Crippen molar-refractivity contribution in [3.8, 4) is 11.8 Å². The number of carbonyl (C=O) groups excluding carboxylic acids is 2. The van der Waals surface area contributed by atoms with Gasteiger partial charge in [0.15, 0.2) is 0 Å². The Balaban J connectivity index is 1.71. The SMILES string of the molecule is O=C(C#Cc1ccccc1)OC(C(=O)NCc1ccccc1)c1ccccc1. The van der Waals surface area contributed by atoms with Crippen LogP contribution in [0.5, 0.6) is 0 Å². The van der Waals surface area contributed by atoms with Gasteiger partial charge in [-0.25, -0.2) is 4.79 Å². The third-order valence-corrected chi connectivity index (χ3v) is 3.96. The van der Waals surface area contributed by atoms with Crippen LogP contribution in [-0.4, -0.2) is 11.9 Å². The van der Waals surface area contributed by atoms with Gasteiger partial charge >= 0.3 is 5.97 Å².